The van der Waals surface area contributed by atoms with E-state index in [2.05, 4.69) is 18.6 Å². The molecule has 0 bridgehead atoms. The molecule has 0 radical (unpaired) electrons. The first kappa shape index (κ1) is 14.5. The number of nitrogens with zero attached hydrogens (tertiary/aromatic N) is 1. The lowest BCUT2D eigenvalue weighted by Crippen LogP contribution is -2.42. The Kier molecular flexibility index (Phi) is 4.29. The fourth-order valence-electron chi connectivity index (χ4n) is 2.62. The monoisotopic (exact) mass is 298 g/mol. The molecule has 3 unspecified atom stereocenters. The van der Waals surface area contributed by atoms with Crippen LogP contribution in [0.1, 0.15) is 38.0 Å². The predicted molar refractivity (Wildman–Crippen MR) is 75.3 cm³/mol. The molecule has 1 fully saturated rings. The molecule has 2 rings (SSSR count). The number of thiophene rings is 1. The molecule has 1 heterocycles. The van der Waals surface area contributed by atoms with Crippen LogP contribution in [0.4, 0.5) is 0 Å². The first-order valence-electron chi connectivity index (χ1n) is 6.44. The Morgan fingerprint density at radius 2 is 2.11 bits per heavy atom. The zero-order valence-corrected chi connectivity index (χ0v) is 12.7. The van der Waals surface area contributed by atoms with Crippen molar-refractivity contribution in [1.29, 1.82) is 5.26 Å². The highest BCUT2D eigenvalue weighted by Gasteiger charge is 2.29. The van der Waals surface area contributed by atoms with E-state index < -0.39 is 10.0 Å². The maximum absolute atomic E-state index is 12.2. The minimum Gasteiger partial charge on any atom is -0.207 e. The van der Waals surface area contributed by atoms with E-state index in [9.17, 15) is 8.42 Å². The maximum Gasteiger partial charge on any atom is 0.250 e. The molecular formula is C13H18N2O2S2. The highest BCUT2D eigenvalue weighted by Crippen LogP contribution is 2.30. The van der Waals surface area contributed by atoms with E-state index in [1.165, 1.54) is 6.07 Å². The second-order valence-corrected chi connectivity index (χ2v) is 8.38. The van der Waals surface area contributed by atoms with Crippen molar-refractivity contribution in [3.05, 3.63) is 17.0 Å². The SMILES string of the molecule is CC1CCC(NS(=O)(=O)c2ccc(C#N)s2)C(C)C1. The Bertz CT molecular complexity index is 586. The minimum absolute atomic E-state index is 0.00818. The molecule has 0 aromatic carbocycles. The van der Waals surface area contributed by atoms with Gasteiger partial charge in [0.2, 0.25) is 10.0 Å². The Labute approximate surface area is 118 Å². The summed E-state index contributed by atoms with van der Waals surface area (Å²) >= 11 is 1.02. The third-order valence-corrected chi connectivity index (χ3v) is 6.67. The summed E-state index contributed by atoms with van der Waals surface area (Å²) in [7, 11) is -3.48. The molecule has 1 aromatic heterocycles. The van der Waals surface area contributed by atoms with Gasteiger partial charge in [0.15, 0.2) is 0 Å². The molecule has 0 aliphatic heterocycles. The van der Waals surface area contributed by atoms with Crippen molar-refractivity contribution < 1.29 is 8.42 Å². The van der Waals surface area contributed by atoms with Crippen molar-refractivity contribution >= 4 is 21.4 Å². The van der Waals surface area contributed by atoms with Crippen molar-refractivity contribution in [2.24, 2.45) is 11.8 Å². The van der Waals surface area contributed by atoms with Gasteiger partial charge in [0, 0.05) is 6.04 Å². The zero-order chi connectivity index (χ0) is 14.0. The molecule has 1 N–H and O–H groups in total. The third kappa shape index (κ3) is 3.35. The summed E-state index contributed by atoms with van der Waals surface area (Å²) in [5.74, 6) is 1.02. The zero-order valence-electron chi connectivity index (χ0n) is 11.1. The molecule has 104 valence electrons. The van der Waals surface area contributed by atoms with E-state index in [1.807, 2.05) is 6.07 Å². The van der Waals surface area contributed by atoms with Gasteiger partial charge in [-0.15, -0.1) is 11.3 Å². The molecule has 1 aliphatic rings. The van der Waals surface area contributed by atoms with Crippen LogP contribution in [0.5, 0.6) is 0 Å². The molecule has 3 atom stereocenters. The summed E-state index contributed by atoms with van der Waals surface area (Å²) in [5, 5.41) is 8.75. The second-order valence-electron chi connectivity index (χ2n) is 5.35. The van der Waals surface area contributed by atoms with Gasteiger partial charge in [-0.2, -0.15) is 5.26 Å². The average Bonchev–Trinajstić information content (AvgIpc) is 2.82. The summed E-state index contributed by atoms with van der Waals surface area (Å²) in [6.07, 6.45) is 3.00. The lowest BCUT2D eigenvalue weighted by molar-refractivity contribution is 0.249. The minimum atomic E-state index is -3.48. The van der Waals surface area contributed by atoms with Crippen LogP contribution in [0.25, 0.3) is 0 Å². The normalized spacial score (nSPS) is 27.9. The number of hydrogen-bond acceptors (Lipinski definition) is 4. The van der Waals surface area contributed by atoms with Gasteiger partial charge < -0.3 is 0 Å². The van der Waals surface area contributed by atoms with Crippen LogP contribution in [-0.4, -0.2) is 14.5 Å². The van der Waals surface area contributed by atoms with Gasteiger partial charge in [-0.05, 0) is 43.2 Å². The second kappa shape index (κ2) is 5.61. The molecule has 1 aliphatic carbocycles. The van der Waals surface area contributed by atoms with Crippen LogP contribution < -0.4 is 4.72 Å². The molecule has 0 amide bonds. The van der Waals surface area contributed by atoms with E-state index in [0.29, 0.717) is 16.7 Å². The summed E-state index contributed by atoms with van der Waals surface area (Å²) in [4.78, 5) is 0.422. The molecule has 19 heavy (non-hydrogen) atoms. The average molecular weight is 298 g/mol. The fraction of sp³-hybridized carbons (Fsp3) is 0.615. The van der Waals surface area contributed by atoms with Crippen molar-refractivity contribution in [3.63, 3.8) is 0 Å². The number of sulfonamides is 1. The van der Waals surface area contributed by atoms with Crippen LogP contribution in [0.2, 0.25) is 0 Å². The molecular weight excluding hydrogens is 280 g/mol. The summed E-state index contributed by atoms with van der Waals surface area (Å²) < 4.78 is 27.5. The van der Waals surface area contributed by atoms with E-state index >= 15 is 0 Å². The molecule has 1 saturated carbocycles. The van der Waals surface area contributed by atoms with Crippen molar-refractivity contribution in [1.82, 2.24) is 4.72 Å². The van der Waals surface area contributed by atoms with Crippen molar-refractivity contribution in [2.45, 2.75) is 43.4 Å². The van der Waals surface area contributed by atoms with Gasteiger partial charge in [0.1, 0.15) is 15.2 Å². The van der Waals surface area contributed by atoms with E-state index in [1.54, 1.807) is 6.07 Å². The number of nitrogens with one attached hydrogen (secondary N) is 1. The van der Waals surface area contributed by atoms with Crippen molar-refractivity contribution in [3.8, 4) is 6.07 Å². The highest BCUT2D eigenvalue weighted by atomic mass is 32.2. The first-order valence-corrected chi connectivity index (χ1v) is 8.74. The lowest BCUT2D eigenvalue weighted by Gasteiger charge is -2.32. The Balaban J connectivity index is 2.11. The van der Waals surface area contributed by atoms with Crippen LogP contribution in [0.15, 0.2) is 16.3 Å². The quantitative estimate of drug-likeness (QED) is 0.932. The Morgan fingerprint density at radius 1 is 1.37 bits per heavy atom. The van der Waals surface area contributed by atoms with Gasteiger partial charge >= 0.3 is 0 Å². The lowest BCUT2D eigenvalue weighted by atomic mass is 9.80. The van der Waals surface area contributed by atoms with E-state index in [4.69, 9.17) is 5.26 Å². The number of nitriles is 1. The fourth-order valence-corrected chi connectivity index (χ4v) is 5.12. The molecule has 0 saturated heterocycles. The summed E-state index contributed by atoms with van der Waals surface area (Å²) in [6.45, 7) is 4.30. The van der Waals surface area contributed by atoms with Gasteiger partial charge in [-0.1, -0.05) is 13.8 Å². The van der Waals surface area contributed by atoms with Gasteiger partial charge in [-0.3, -0.25) is 0 Å². The van der Waals surface area contributed by atoms with Crippen LogP contribution in [-0.2, 0) is 10.0 Å². The first-order chi connectivity index (χ1) is 8.92. The highest BCUT2D eigenvalue weighted by molar-refractivity contribution is 7.91. The van der Waals surface area contributed by atoms with Crippen LogP contribution in [0.3, 0.4) is 0 Å². The van der Waals surface area contributed by atoms with Crippen LogP contribution >= 0.6 is 11.3 Å². The van der Waals surface area contributed by atoms with Crippen molar-refractivity contribution in [2.75, 3.05) is 0 Å². The molecule has 6 heteroatoms. The molecule has 4 nitrogen and oxygen atoms in total. The topological polar surface area (TPSA) is 70.0 Å². The number of rotatable bonds is 3. The van der Waals surface area contributed by atoms with Gasteiger partial charge in [-0.25, -0.2) is 13.1 Å². The number of hydrogen-bond donors (Lipinski definition) is 1. The smallest absolute Gasteiger partial charge is 0.207 e. The van der Waals surface area contributed by atoms with E-state index in [-0.39, 0.29) is 10.3 Å². The van der Waals surface area contributed by atoms with E-state index in [0.717, 1.165) is 30.6 Å². The third-order valence-electron chi connectivity index (χ3n) is 3.69. The van der Waals surface area contributed by atoms with Gasteiger partial charge in [0.25, 0.3) is 0 Å². The maximum atomic E-state index is 12.2. The van der Waals surface area contributed by atoms with Crippen LogP contribution in [0, 0.1) is 23.2 Å². The summed E-state index contributed by atoms with van der Waals surface area (Å²) in [6, 6.07) is 5.02. The molecule has 1 aromatic rings. The van der Waals surface area contributed by atoms with Gasteiger partial charge in [0.05, 0.1) is 0 Å². The summed E-state index contributed by atoms with van der Waals surface area (Å²) in [5.41, 5.74) is 0. The predicted octanol–water partition coefficient (Wildman–Crippen LogP) is 2.72. The Morgan fingerprint density at radius 3 is 2.68 bits per heavy atom. The standard InChI is InChI=1S/C13H18N2O2S2/c1-9-3-5-12(10(2)7-9)15-19(16,17)13-6-4-11(8-14)18-13/h4,6,9-10,12,15H,3,5,7H2,1-2H3. The largest absolute Gasteiger partial charge is 0.250 e. The Hall–Kier alpha value is -0.900. The molecule has 0 spiro atoms.